The number of para-hydroxylation sites is 1. The van der Waals surface area contributed by atoms with Crippen LogP contribution in [0, 0.1) is 0 Å². The Morgan fingerprint density at radius 1 is 0.820 bits per heavy atom. The molecule has 0 bridgehead atoms. The summed E-state index contributed by atoms with van der Waals surface area (Å²) in [6.07, 6.45) is 6.37. The van der Waals surface area contributed by atoms with Crippen LogP contribution in [0.1, 0.15) is 83.1 Å². The summed E-state index contributed by atoms with van der Waals surface area (Å²) in [5.41, 5.74) is 29.4. The fourth-order valence-electron chi connectivity index (χ4n) is 7.01. The van der Waals surface area contributed by atoms with Crippen LogP contribution in [0.25, 0.3) is 10.9 Å². The Morgan fingerprint density at radius 3 is 2.15 bits per heavy atom. The second kappa shape index (κ2) is 25.7. The molecule has 0 unspecified atom stereocenters. The summed E-state index contributed by atoms with van der Waals surface area (Å²) in [4.78, 5) is 101. The number of unbranched alkanes of at least 4 members (excludes halogenated alkanes) is 2. The topological polar surface area (TPSA) is 361 Å². The molecule has 6 atom stereocenters. The summed E-state index contributed by atoms with van der Waals surface area (Å²) in [5, 5.41) is 23.7. The highest BCUT2D eigenvalue weighted by Gasteiger charge is 2.36. The smallest absolute Gasteiger partial charge is 0.326 e. The number of guanidine groups is 1. The maximum absolute atomic E-state index is 14.2. The third-order valence-corrected chi connectivity index (χ3v) is 10.5. The minimum absolute atomic E-state index is 0.00716. The fourth-order valence-corrected chi connectivity index (χ4v) is 7.01. The lowest BCUT2D eigenvalue weighted by Crippen LogP contribution is -2.60. The van der Waals surface area contributed by atoms with E-state index in [0.29, 0.717) is 76.6 Å². The van der Waals surface area contributed by atoms with Gasteiger partial charge in [0.2, 0.25) is 35.4 Å². The van der Waals surface area contributed by atoms with E-state index in [4.69, 9.17) is 28.7 Å². The van der Waals surface area contributed by atoms with Crippen molar-refractivity contribution in [3.63, 3.8) is 0 Å². The number of H-pyrrole nitrogens is 1. The minimum atomic E-state index is -1.25. The SMILES string of the molecule is C[C@H](NC(=O)[C@H](Cc1c[nH]c2ccccc12)NC(=O)[C@H](CCCCN)NC(=O)[C@@H]1CCCCN1C(=O)CNC(=O)[C@@H](N)CCCN=C(N)N)C(=O)N[C@@H](CCCCN)C(=O)O. The van der Waals surface area contributed by atoms with Gasteiger partial charge in [-0.1, -0.05) is 18.2 Å². The number of aromatic nitrogens is 1. The number of hydrogen-bond donors (Lipinski definition) is 12. The first-order valence-electron chi connectivity index (χ1n) is 20.9. The van der Waals surface area contributed by atoms with Crippen LogP contribution < -0.4 is 55.3 Å². The van der Waals surface area contributed by atoms with E-state index in [2.05, 4.69) is 36.6 Å². The second-order valence-corrected chi connectivity index (χ2v) is 15.3. The van der Waals surface area contributed by atoms with E-state index < -0.39 is 84.2 Å². The van der Waals surface area contributed by atoms with Crippen molar-refractivity contribution in [2.75, 3.05) is 32.7 Å². The number of benzene rings is 1. The van der Waals surface area contributed by atoms with Crippen LogP contribution in [0.3, 0.4) is 0 Å². The molecule has 61 heavy (non-hydrogen) atoms. The number of carboxylic acids is 1. The molecule has 2 aromatic rings. The molecule has 1 aromatic heterocycles. The molecule has 6 amide bonds. The Labute approximate surface area is 355 Å². The normalized spacial score (nSPS) is 16.3. The molecule has 1 aromatic carbocycles. The molecule has 1 aliphatic heterocycles. The van der Waals surface area contributed by atoms with Crippen LogP contribution in [0.15, 0.2) is 35.5 Å². The van der Waals surface area contributed by atoms with Crippen LogP contribution in [-0.2, 0) is 40.0 Å². The van der Waals surface area contributed by atoms with Gasteiger partial charge in [0.15, 0.2) is 5.96 Å². The average Bonchev–Trinajstić information content (AvgIpc) is 3.65. The first kappa shape index (κ1) is 49.6. The quantitative estimate of drug-likeness (QED) is 0.0274. The first-order valence-corrected chi connectivity index (χ1v) is 20.9. The zero-order valence-corrected chi connectivity index (χ0v) is 35.0. The lowest BCUT2D eigenvalue weighted by atomic mass is 9.99. The Balaban J connectivity index is 1.77. The van der Waals surface area contributed by atoms with Gasteiger partial charge in [-0.3, -0.25) is 33.8 Å². The van der Waals surface area contributed by atoms with Gasteiger partial charge in [0.05, 0.1) is 12.6 Å². The summed E-state index contributed by atoms with van der Waals surface area (Å²) < 4.78 is 0. The van der Waals surface area contributed by atoms with Crippen LogP contribution in [0.5, 0.6) is 0 Å². The van der Waals surface area contributed by atoms with Crippen LogP contribution >= 0.6 is 0 Å². The van der Waals surface area contributed by atoms with Crippen molar-refractivity contribution in [3.05, 3.63) is 36.0 Å². The van der Waals surface area contributed by atoms with Gasteiger partial charge < -0.3 is 70.2 Å². The summed E-state index contributed by atoms with van der Waals surface area (Å²) in [6, 6.07) is 0.785. The standard InChI is InChI=1S/C40H65N13O8/c1-24(34(55)51-30(39(60)61)15-5-8-18-42)49-37(58)31(21-25-22-47-28-13-3-2-11-26(25)28)52-36(57)29(14-4-7-17-41)50-38(59)32-16-6-9-20-53(32)33(54)23-48-35(56)27(43)12-10-19-46-40(44)45/h2-3,11,13,22,24,27,29-32,47H,4-10,12,14-21,23,41-43H2,1H3,(H,48,56)(H,49,58)(H,50,59)(H,51,55)(H,52,57)(H,60,61)(H4,44,45,46)/t24-,27-,29-,30-,31-,32-/m0/s1. The minimum Gasteiger partial charge on any atom is -0.480 e. The van der Waals surface area contributed by atoms with Gasteiger partial charge in [0.1, 0.15) is 30.2 Å². The molecule has 21 heteroatoms. The summed E-state index contributed by atoms with van der Waals surface area (Å²) in [7, 11) is 0. The number of nitrogens with two attached hydrogens (primary N) is 5. The van der Waals surface area contributed by atoms with Gasteiger partial charge in [0, 0.05) is 36.6 Å². The number of carbonyl (C=O) groups excluding carboxylic acids is 6. The molecule has 2 heterocycles. The number of likely N-dealkylation sites (tertiary alicyclic amines) is 1. The number of fused-ring (bicyclic) bond motifs is 1. The zero-order valence-electron chi connectivity index (χ0n) is 35.0. The molecular weight excluding hydrogens is 791 g/mol. The molecule has 1 aliphatic rings. The van der Waals surface area contributed by atoms with Crippen LogP contribution in [0.4, 0.5) is 0 Å². The number of piperidine rings is 1. The van der Waals surface area contributed by atoms with Gasteiger partial charge in [-0.05, 0) is 102 Å². The van der Waals surface area contributed by atoms with E-state index in [1.54, 1.807) is 6.20 Å². The number of nitrogens with zero attached hydrogens (tertiary/aromatic N) is 2. The summed E-state index contributed by atoms with van der Waals surface area (Å²) >= 11 is 0. The molecule has 3 rings (SSSR count). The number of carboxylic acid groups (broad SMARTS) is 1. The van der Waals surface area contributed by atoms with E-state index in [1.807, 2.05) is 24.3 Å². The zero-order chi connectivity index (χ0) is 44.9. The van der Waals surface area contributed by atoms with E-state index in [0.717, 1.165) is 10.9 Å². The highest BCUT2D eigenvalue weighted by atomic mass is 16.4. The Hall–Kier alpha value is -5.80. The Morgan fingerprint density at radius 2 is 1.48 bits per heavy atom. The van der Waals surface area contributed by atoms with Gasteiger partial charge in [0.25, 0.3) is 0 Å². The van der Waals surface area contributed by atoms with Gasteiger partial charge >= 0.3 is 5.97 Å². The number of carbonyl (C=O) groups is 7. The summed E-state index contributed by atoms with van der Waals surface area (Å²) in [5.74, 6) is -5.04. The number of nitrogens with one attached hydrogen (secondary N) is 6. The number of amides is 6. The monoisotopic (exact) mass is 856 g/mol. The Bertz CT molecular complexity index is 1820. The second-order valence-electron chi connectivity index (χ2n) is 15.3. The molecule has 21 nitrogen and oxygen atoms in total. The van der Waals surface area contributed by atoms with E-state index >= 15 is 0 Å². The summed E-state index contributed by atoms with van der Waals surface area (Å²) in [6.45, 7) is 2.26. The number of aliphatic carboxylic acids is 1. The third-order valence-electron chi connectivity index (χ3n) is 10.5. The van der Waals surface area contributed by atoms with E-state index in [-0.39, 0.29) is 38.2 Å². The number of aromatic amines is 1. The molecule has 1 fully saturated rings. The molecular formula is C40H65N13O8. The molecule has 1 saturated heterocycles. The van der Waals surface area contributed by atoms with Crippen molar-refractivity contribution in [2.45, 2.75) is 120 Å². The molecule has 0 spiro atoms. The van der Waals surface area contributed by atoms with Crippen molar-refractivity contribution in [1.82, 2.24) is 36.5 Å². The van der Waals surface area contributed by atoms with Gasteiger partial charge in [-0.15, -0.1) is 0 Å². The molecule has 0 radical (unpaired) electrons. The van der Waals surface area contributed by atoms with E-state index in [1.165, 1.54) is 11.8 Å². The first-order chi connectivity index (χ1) is 29.2. The van der Waals surface area contributed by atoms with Crippen molar-refractivity contribution in [3.8, 4) is 0 Å². The van der Waals surface area contributed by atoms with Crippen molar-refractivity contribution in [2.24, 2.45) is 33.7 Å². The van der Waals surface area contributed by atoms with Crippen molar-refractivity contribution < 1.29 is 38.7 Å². The number of hydrogen-bond acceptors (Lipinski definition) is 11. The van der Waals surface area contributed by atoms with Gasteiger partial charge in [-0.2, -0.15) is 0 Å². The predicted octanol–water partition coefficient (Wildman–Crippen LogP) is -2.11. The number of rotatable bonds is 26. The highest BCUT2D eigenvalue weighted by molar-refractivity contribution is 5.97. The predicted molar refractivity (Wildman–Crippen MR) is 229 cm³/mol. The highest BCUT2D eigenvalue weighted by Crippen LogP contribution is 2.21. The average molecular weight is 856 g/mol. The molecule has 338 valence electrons. The van der Waals surface area contributed by atoms with Crippen molar-refractivity contribution in [1.29, 1.82) is 0 Å². The number of aliphatic imine (C=N–C) groups is 1. The van der Waals surface area contributed by atoms with Crippen LogP contribution in [-0.4, -0.2) is 131 Å². The molecule has 0 aliphatic carbocycles. The van der Waals surface area contributed by atoms with Crippen LogP contribution in [0.2, 0.25) is 0 Å². The van der Waals surface area contributed by atoms with E-state index in [9.17, 15) is 38.7 Å². The lowest BCUT2D eigenvalue weighted by Gasteiger charge is -2.35. The fraction of sp³-hybridized carbons (Fsp3) is 0.600. The van der Waals surface area contributed by atoms with Crippen molar-refractivity contribution >= 4 is 58.3 Å². The third kappa shape index (κ3) is 16.3. The molecule has 0 saturated carbocycles. The maximum atomic E-state index is 14.2. The maximum Gasteiger partial charge on any atom is 0.326 e. The Kier molecular flexibility index (Phi) is 20.9. The molecule has 17 N–H and O–H groups in total. The van der Waals surface area contributed by atoms with Gasteiger partial charge in [-0.25, -0.2) is 4.79 Å². The lowest BCUT2D eigenvalue weighted by molar-refractivity contribution is -0.143. The largest absolute Gasteiger partial charge is 0.480 e.